The number of carbonyl (C=O) groups excluding carboxylic acids is 1. The SMILES string of the molecule is O=C(CCC(F)(F)F)c1cc(-c2cnn3cc(-c4ccn(CCN5CCCCC5)c(=O)c4)cnc23)cs1. The molecule has 37 heavy (non-hydrogen) atoms. The van der Waals surface area contributed by atoms with Crippen molar-refractivity contribution in [1.29, 1.82) is 0 Å². The predicted molar refractivity (Wildman–Crippen MR) is 136 cm³/mol. The molecule has 11 heteroatoms. The number of hydrogen-bond donors (Lipinski definition) is 0. The summed E-state index contributed by atoms with van der Waals surface area (Å²) in [5, 5.41) is 6.08. The Morgan fingerprint density at radius 3 is 2.59 bits per heavy atom. The van der Waals surface area contributed by atoms with Crippen molar-refractivity contribution in [3.63, 3.8) is 0 Å². The largest absolute Gasteiger partial charge is 0.389 e. The lowest BCUT2D eigenvalue weighted by atomic mass is 10.1. The summed E-state index contributed by atoms with van der Waals surface area (Å²) in [6.45, 7) is 3.69. The third-order valence-electron chi connectivity index (χ3n) is 6.61. The van der Waals surface area contributed by atoms with Crippen LogP contribution >= 0.6 is 11.3 Å². The first-order chi connectivity index (χ1) is 17.8. The van der Waals surface area contributed by atoms with Crippen molar-refractivity contribution in [1.82, 2.24) is 24.1 Å². The highest BCUT2D eigenvalue weighted by Gasteiger charge is 2.28. The number of ketones is 1. The normalized spacial score (nSPS) is 14.9. The van der Waals surface area contributed by atoms with Gasteiger partial charge < -0.3 is 9.47 Å². The van der Waals surface area contributed by atoms with E-state index in [1.807, 2.05) is 12.3 Å². The molecule has 194 valence electrons. The third-order valence-corrected chi connectivity index (χ3v) is 7.58. The molecule has 0 unspecified atom stereocenters. The molecule has 4 aromatic rings. The van der Waals surface area contributed by atoms with E-state index < -0.39 is 24.8 Å². The second kappa shape index (κ2) is 10.6. The van der Waals surface area contributed by atoms with Crippen molar-refractivity contribution >= 4 is 22.8 Å². The fourth-order valence-corrected chi connectivity index (χ4v) is 5.41. The summed E-state index contributed by atoms with van der Waals surface area (Å²) in [7, 11) is 0. The lowest BCUT2D eigenvalue weighted by Gasteiger charge is -2.26. The Hall–Kier alpha value is -3.31. The highest BCUT2D eigenvalue weighted by molar-refractivity contribution is 7.12. The number of piperidine rings is 1. The number of thiophene rings is 1. The van der Waals surface area contributed by atoms with Crippen LogP contribution in [0.2, 0.25) is 0 Å². The number of alkyl halides is 3. The van der Waals surface area contributed by atoms with Crippen molar-refractivity contribution in [3.8, 4) is 22.3 Å². The molecule has 0 saturated carbocycles. The maximum absolute atomic E-state index is 12.7. The molecule has 1 fully saturated rings. The Balaban J connectivity index is 1.30. The molecule has 0 bridgehead atoms. The van der Waals surface area contributed by atoms with Crippen LogP contribution in [0, 0.1) is 0 Å². The van der Waals surface area contributed by atoms with Crippen molar-refractivity contribution < 1.29 is 18.0 Å². The third kappa shape index (κ3) is 5.99. The molecule has 4 aromatic heterocycles. The molecule has 1 aliphatic heterocycles. The van der Waals surface area contributed by atoms with Crippen LogP contribution < -0.4 is 5.56 Å². The highest BCUT2D eigenvalue weighted by atomic mass is 32.1. The number of likely N-dealkylation sites (tertiary alicyclic amines) is 1. The summed E-state index contributed by atoms with van der Waals surface area (Å²) in [6, 6.07) is 5.07. The molecular formula is C26H26F3N5O2S. The van der Waals surface area contributed by atoms with Gasteiger partial charge in [0, 0.05) is 55.3 Å². The summed E-state index contributed by atoms with van der Waals surface area (Å²) in [6.07, 6.45) is 4.49. The first-order valence-corrected chi connectivity index (χ1v) is 13.1. The second-order valence-corrected chi connectivity index (χ2v) is 10.2. The first-order valence-electron chi connectivity index (χ1n) is 12.2. The van der Waals surface area contributed by atoms with E-state index in [4.69, 9.17) is 0 Å². The quantitative estimate of drug-likeness (QED) is 0.290. The number of carbonyl (C=O) groups is 1. The van der Waals surface area contributed by atoms with Gasteiger partial charge in [0.05, 0.1) is 17.5 Å². The van der Waals surface area contributed by atoms with E-state index >= 15 is 0 Å². The minimum Gasteiger partial charge on any atom is -0.314 e. The first kappa shape index (κ1) is 25.3. The summed E-state index contributed by atoms with van der Waals surface area (Å²) in [4.78, 5) is 32.1. The number of pyridine rings is 1. The molecule has 0 spiro atoms. The van der Waals surface area contributed by atoms with E-state index in [2.05, 4.69) is 15.0 Å². The molecule has 5 heterocycles. The van der Waals surface area contributed by atoms with Gasteiger partial charge in [0.1, 0.15) is 0 Å². The Morgan fingerprint density at radius 2 is 1.84 bits per heavy atom. The minimum atomic E-state index is -4.36. The average molecular weight is 530 g/mol. The van der Waals surface area contributed by atoms with Gasteiger partial charge in [-0.3, -0.25) is 9.59 Å². The summed E-state index contributed by atoms with van der Waals surface area (Å²) < 4.78 is 40.7. The molecule has 0 aromatic carbocycles. The number of fused-ring (bicyclic) bond motifs is 1. The Bertz CT molecular complexity index is 1470. The lowest BCUT2D eigenvalue weighted by molar-refractivity contribution is -0.133. The Kier molecular flexibility index (Phi) is 7.25. The van der Waals surface area contributed by atoms with Crippen molar-refractivity contribution in [2.24, 2.45) is 0 Å². The van der Waals surface area contributed by atoms with Crippen LogP contribution in [0.5, 0.6) is 0 Å². The summed E-state index contributed by atoms with van der Waals surface area (Å²) >= 11 is 1.11. The molecule has 0 N–H and O–H groups in total. The van der Waals surface area contributed by atoms with Crippen molar-refractivity contribution in [2.45, 2.75) is 44.8 Å². The summed E-state index contributed by atoms with van der Waals surface area (Å²) in [5.74, 6) is -0.536. The van der Waals surface area contributed by atoms with Gasteiger partial charge in [-0.05, 0) is 54.6 Å². The highest BCUT2D eigenvalue weighted by Crippen LogP contribution is 2.31. The van der Waals surface area contributed by atoms with Gasteiger partial charge in [-0.1, -0.05) is 6.42 Å². The van der Waals surface area contributed by atoms with E-state index in [-0.39, 0.29) is 10.4 Å². The number of nitrogens with zero attached hydrogens (tertiary/aromatic N) is 5. The van der Waals surface area contributed by atoms with Crippen LogP contribution in [0.4, 0.5) is 13.2 Å². The Labute approximate surface area is 215 Å². The number of Topliss-reactive ketones (excluding diaryl/α,β-unsaturated/α-hetero) is 1. The van der Waals surface area contributed by atoms with Crippen LogP contribution in [0.3, 0.4) is 0 Å². The molecule has 0 aliphatic carbocycles. The van der Waals surface area contributed by atoms with Crippen LogP contribution in [-0.4, -0.2) is 55.7 Å². The molecule has 1 aliphatic rings. The lowest BCUT2D eigenvalue weighted by Crippen LogP contribution is -2.34. The van der Waals surface area contributed by atoms with Gasteiger partial charge in [0.25, 0.3) is 5.56 Å². The molecule has 0 radical (unpaired) electrons. The van der Waals surface area contributed by atoms with Gasteiger partial charge in [-0.2, -0.15) is 18.3 Å². The fourth-order valence-electron chi connectivity index (χ4n) is 4.53. The molecule has 0 atom stereocenters. The van der Waals surface area contributed by atoms with Gasteiger partial charge in [0.15, 0.2) is 11.4 Å². The number of hydrogen-bond acceptors (Lipinski definition) is 6. The second-order valence-electron chi connectivity index (χ2n) is 9.26. The maximum atomic E-state index is 12.7. The zero-order valence-electron chi connectivity index (χ0n) is 20.1. The van der Waals surface area contributed by atoms with Gasteiger partial charge in [-0.15, -0.1) is 11.3 Å². The zero-order valence-corrected chi connectivity index (χ0v) is 20.9. The van der Waals surface area contributed by atoms with Crippen molar-refractivity contribution in [2.75, 3.05) is 19.6 Å². The standard InChI is InChI=1S/C26H26F3N5O2S/c27-26(28,29)6-4-22(35)23-12-19(17-37-23)21-15-31-34-16-20(14-30-25(21)34)18-5-9-33(24(36)13-18)11-10-32-7-2-1-3-8-32/h5,9,12-17H,1-4,6-8,10-11H2. The number of halogens is 3. The van der Waals surface area contributed by atoms with E-state index in [1.54, 1.807) is 45.2 Å². The molecule has 5 rings (SSSR count). The van der Waals surface area contributed by atoms with Gasteiger partial charge >= 0.3 is 6.18 Å². The fraction of sp³-hybridized carbons (Fsp3) is 0.385. The minimum absolute atomic E-state index is 0.0725. The zero-order chi connectivity index (χ0) is 26.0. The molecule has 0 amide bonds. The van der Waals surface area contributed by atoms with Crippen LogP contribution in [0.15, 0.2) is 53.2 Å². The number of aromatic nitrogens is 4. The van der Waals surface area contributed by atoms with Gasteiger partial charge in [-0.25, -0.2) is 9.50 Å². The number of rotatable bonds is 8. The summed E-state index contributed by atoms with van der Waals surface area (Å²) in [5.41, 5.74) is 3.29. The van der Waals surface area contributed by atoms with E-state index in [9.17, 15) is 22.8 Å². The smallest absolute Gasteiger partial charge is 0.314 e. The average Bonchev–Trinajstić information content (AvgIpc) is 3.53. The van der Waals surface area contributed by atoms with Crippen molar-refractivity contribution in [3.05, 3.63) is 63.6 Å². The topological polar surface area (TPSA) is 72.5 Å². The Morgan fingerprint density at radius 1 is 1.03 bits per heavy atom. The maximum Gasteiger partial charge on any atom is 0.389 e. The van der Waals surface area contributed by atoms with E-state index in [0.29, 0.717) is 23.3 Å². The monoisotopic (exact) mass is 529 g/mol. The van der Waals surface area contributed by atoms with E-state index in [1.165, 1.54) is 19.3 Å². The van der Waals surface area contributed by atoms with Crippen LogP contribution in [0.25, 0.3) is 27.9 Å². The van der Waals surface area contributed by atoms with Gasteiger partial charge in [0.2, 0.25) is 0 Å². The predicted octanol–water partition coefficient (Wildman–Crippen LogP) is 5.30. The van der Waals surface area contributed by atoms with Crippen LogP contribution in [0.1, 0.15) is 41.8 Å². The van der Waals surface area contributed by atoms with E-state index in [0.717, 1.165) is 42.1 Å². The molecule has 1 saturated heterocycles. The van der Waals surface area contributed by atoms with Crippen LogP contribution in [-0.2, 0) is 6.54 Å². The molecular weight excluding hydrogens is 503 g/mol. The molecule has 7 nitrogen and oxygen atoms in total.